The van der Waals surface area contributed by atoms with Gasteiger partial charge in [-0.2, -0.15) is 0 Å². The van der Waals surface area contributed by atoms with Crippen LogP contribution in [0.5, 0.6) is 5.88 Å². The summed E-state index contributed by atoms with van der Waals surface area (Å²) in [6.07, 6.45) is 3.69. The molecule has 0 aliphatic carbocycles. The number of carbonyl (C=O) groups is 1. The zero-order valence-corrected chi connectivity index (χ0v) is 15.8. The average molecular weight is 365 g/mol. The third-order valence-electron chi connectivity index (χ3n) is 4.78. The molecule has 140 valence electrons. The molecule has 0 saturated carbocycles. The summed E-state index contributed by atoms with van der Waals surface area (Å²) in [7, 11) is 1.83. The van der Waals surface area contributed by atoms with Crippen LogP contribution in [-0.2, 0) is 11.3 Å². The number of aliphatic imine (C=N–C) groups is 1. The Balaban J connectivity index is 1.62. The Morgan fingerprint density at radius 3 is 2.81 bits per heavy atom. The fraction of sp³-hybridized carbons (Fsp3) is 0.400. The highest BCUT2D eigenvalue weighted by atomic mass is 16.5. The molecule has 1 fully saturated rings. The second-order valence-electron chi connectivity index (χ2n) is 7.15. The normalized spacial score (nSPS) is 16.6. The molecule has 0 unspecified atom stereocenters. The van der Waals surface area contributed by atoms with Gasteiger partial charge in [0.2, 0.25) is 11.8 Å². The predicted octanol–water partition coefficient (Wildman–Crippen LogP) is 1.89. The van der Waals surface area contributed by atoms with Gasteiger partial charge in [0.25, 0.3) is 0 Å². The largest absolute Gasteiger partial charge is 0.475 e. The van der Waals surface area contributed by atoms with Crippen LogP contribution in [-0.4, -0.2) is 59.3 Å². The fourth-order valence-corrected chi connectivity index (χ4v) is 3.31. The van der Waals surface area contributed by atoms with Gasteiger partial charge in [0.05, 0.1) is 24.9 Å². The number of piperazine rings is 1. The Labute approximate surface area is 158 Å². The van der Waals surface area contributed by atoms with E-state index in [9.17, 15) is 4.79 Å². The van der Waals surface area contributed by atoms with Gasteiger partial charge in [-0.15, -0.1) is 0 Å². The first-order chi connectivity index (χ1) is 13.0. The monoisotopic (exact) mass is 365 g/mol. The van der Waals surface area contributed by atoms with E-state index in [0.717, 1.165) is 34.8 Å². The Kier molecular flexibility index (Phi) is 4.51. The molecule has 7 nitrogen and oxygen atoms in total. The molecule has 4 heterocycles. The lowest BCUT2D eigenvalue weighted by molar-refractivity contribution is -0.129. The summed E-state index contributed by atoms with van der Waals surface area (Å²) in [6, 6.07) is 5.93. The molecule has 2 aromatic rings. The summed E-state index contributed by atoms with van der Waals surface area (Å²) >= 11 is 0. The van der Waals surface area contributed by atoms with E-state index in [0.29, 0.717) is 25.5 Å². The number of pyridine rings is 2. The highest BCUT2D eigenvalue weighted by molar-refractivity contribution is 6.15. The smallest absolute Gasteiger partial charge is 0.241 e. The van der Waals surface area contributed by atoms with Gasteiger partial charge in [0.1, 0.15) is 5.82 Å². The Morgan fingerprint density at radius 1 is 1.19 bits per heavy atom. The van der Waals surface area contributed by atoms with Crippen LogP contribution in [0.25, 0.3) is 0 Å². The van der Waals surface area contributed by atoms with Gasteiger partial charge in [0.15, 0.2) is 0 Å². The molecule has 0 radical (unpaired) electrons. The molecule has 0 spiro atoms. The number of hydrogen-bond acceptors (Lipinski definition) is 6. The standard InChI is InChI=1S/C20H23N5O2/c1-13(2)27-18-9-16-15(10-22-18)11-23-20(16)14-4-5-21-17(8-14)25-7-6-24(3)19(26)12-25/h4-5,8-10,13H,6-7,11-12H2,1-3H3. The third-order valence-corrected chi connectivity index (χ3v) is 4.78. The molecule has 0 atom stereocenters. The van der Waals surface area contributed by atoms with E-state index in [1.807, 2.05) is 50.2 Å². The third kappa shape index (κ3) is 3.49. The number of carbonyl (C=O) groups excluding carboxylic acids is 1. The summed E-state index contributed by atoms with van der Waals surface area (Å²) in [6.45, 7) is 6.41. The predicted molar refractivity (Wildman–Crippen MR) is 103 cm³/mol. The van der Waals surface area contributed by atoms with Crippen molar-refractivity contribution in [1.82, 2.24) is 14.9 Å². The van der Waals surface area contributed by atoms with Crippen molar-refractivity contribution in [3.05, 3.63) is 47.3 Å². The van der Waals surface area contributed by atoms with Crippen molar-refractivity contribution in [1.29, 1.82) is 0 Å². The van der Waals surface area contributed by atoms with Gasteiger partial charge >= 0.3 is 0 Å². The van der Waals surface area contributed by atoms with Crippen LogP contribution in [0, 0.1) is 0 Å². The van der Waals surface area contributed by atoms with E-state index in [1.165, 1.54) is 0 Å². The average Bonchev–Trinajstić information content (AvgIpc) is 3.07. The van der Waals surface area contributed by atoms with E-state index < -0.39 is 0 Å². The minimum atomic E-state index is 0.0691. The van der Waals surface area contributed by atoms with Crippen molar-refractivity contribution in [2.45, 2.75) is 26.5 Å². The molecule has 7 heteroatoms. The number of aromatic nitrogens is 2. The van der Waals surface area contributed by atoms with Crippen molar-refractivity contribution >= 4 is 17.4 Å². The van der Waals surface area contributed by atoms with Crippen LogP contribution in [0.3, 0.4) is 0 Å². The van der Waals surface area contributed by atoms with Crippen LogP contribution in [0.2, 0.25) is 0 Å². The van der Waals surface area contributed by atoms with Crippen LogP contribution in [0.15, 0.2) is 35.6 Å². The van der Waals surface area contributed by atoms with Crippen LogP contribution in [0.4, 0.5) is 5.82 Å². The Hall–Kier alpha value is -2.96. The maximum atomic E-state index is 12.0. The number of ether oxygens (including phenoxy) is 1. The van der Waals surface area contributed by atoms with Crippen LogP contribution < -0.4 is 9.64 Å². The van der Waals surface area contributed by atoms with Gasteiger partial charge in [-0.3, -0.25) is 9.79 Å². The van der Waals surface area contributed by atoms with E-state index in [-0.39, 0.29) is 12.0 Å². The number of hydrogen-bond donors (Lipinski definition) is 0. The molecule has 27 heavy (non-hydrogen) atoms. The maximum Gasteiger partial charge on any atom is 0.241 e. The van der Waals surface area contributed by atoms with Crippen LogP contribution >= 0.6 is 0 Å². The van der Waals surface area contributed by atoms with Crippen molar-refractivity contribution in [2.24, 2.45) is 4.99 Å². The van der Waals surface area contributed by atoms with Crippen LogP contribution in [0.1, 0.15) is 30.5 Å². The summed E-state index contributed by atoms with van der Waals surface area (Å²) in [5.41, 5.74) is 4.05. The first kappa shape index (κ1) is 17.5. The van der Waals surface area contributed by atoms with Gasteiger partial charge in [0, 0.05) is 55.3 Å². The Bertz CT molecular complexity index is 909. The number of fused-ring (bicyclic) bond motifs is 1. The first-order valence-corrected chi connectivity index (χ1v) is 9.17. The lowest BCUT2D eigenvalue weighted by Gasteiger charge is -2.32. The number of rotatable bonds is 4. The van der Waals surface area contributed by atoms with E-state index in [4.69, 9.17) is 9.73 Å². The molecule has 2 aromatic heterocycles. The summed E-state index contributed by atoms with van der Waals surface area (Å²) in [4.78, 5) is 29.3. The molecular formula is C20H23N5O2. The molecule has 0 aromatic carbocycles. The lowest BCUT2D eigenvalue weighted by Crippen LogP contribution is -2.48. The van der Waals surface area contributed by atoms with E-state index in [2.05, 4.69) is 9.97 Å². The zero-order valence-electron chi connectivity index (χ0n) is 15.8. The number of nitrogens with zero attached hydrogens (tertiary/aromatic N) is 5. The summed E-state index contributed by atoms with van der Waals surface area (Å²) in [5, 5.41) is 0. The van der Waals surface area contributed by atoms with Gasteiger partial charge in [-0.1, -0.05) is 0 Å². The SMILES string of the molecule is CC(C)Oc1cc2c(cn1)CN=C2c1ccnc(N2CCN(C)C(=O)C2)c1. The second kappa shape index (κ2) is 6.98. The molecule has 2 aliphatic heterocycles. The van der Waals surface area contributed by atoms with Gasteiger partial charge in [-0.05, 0) is 26.0 Å². The highest BCUT2D eigenvalue weighted by Crippen LogP contribution is 2.27. The Morgan fingerprint density at radius 2 is 2.04 bits per heavy atom. The fourth-order valence-electron chi connectivity index (χ4n) is 3.31. The van der Waals surface area contributed by atoms with Gasteiger partial charge < -0.3 is 14.5 Å². The molecule has 0 bridgehead atoms. The van der Waals surface area contributed by atoms with Gasteiger partial charge in [-0.25, -0.2) is 9.97 Å². The molecule has 2 aliphatic rings. The lowest BCUT2D eigenvalue weighted by atomic mass is 10.0. The van der Waals surface area contributed by atoms with Crippen molar-refractivity contribution in [3.63, 3.8) is 0 Å². The summed E-state index contributed by atoms with van der Waals surface area (Å²) in [5.74, 6) is 1.52. The summed E-state index contributed by atoms with van der Waals surface area (Å²) < 4.78 is 5.74. The molecule has 4 rings (SSSR count). The van der Waals surface area contributed by atoms with E-state index >= 15 is 0 Å². The number of likely N-dealkylation sites (N-methyl/N-ethyl adjacent to an activating group) is 1. The zero-order chi connectivity index (χ0) is 19.0. The van der Waals surface area contributed by atoms with Crippen molar-refractivity contribution < 1.29 is 9.53 Å². The molecular weight excluding hydrogens is 342 g/mol. The van der Waals surface area contributed by atoms with Crippen molar-refractivity contribution in [2.75, 3.05) is 31.6 Å². The molecule has 0 N–H and O–H groups in total. The first-order valence-electron chi connectivity index (χ1n) is 9.17. The second-order valence-corrected chi connectivity index (χ2v) is 7.15. The molecule has 1 saturated heterocycles. The van der Waals surface area contributed by atoms with Crippen molar-refractivity contribution in [3.8, 4) is 5.88 Å². The van der Waals surface area contributed by atoms with E-state index in [1.54, 1.807) is 11.1 Å². The quantitative estimate of drug-likeness (QED) is 0.828. The highest BCUT2D eigenvalue weighted by Gasteiger charge is 2.24. The minimum absolute atomic E-state index is 0.0691. The molecule has 1 amide bonds. The number of amides is 1. The number of anilines is 1. The minimum Gasteiger partial charge on any atom is -0.475 e. The topological polar surface area (TPSA) is 70.9 Å². The maximum absolute atomic E-state index is 12.0.